The van der Waals surface area contributed by atoms with Crippen LogP contribution in [0.3, 0.4) is 0 Å². The molecule has 0 radical (unpaired) electrons. The number of nitrogens with zero attached hydrogens (tertiary/aromatic N) is 2. The molecule has 0 fully saturated rings. The Hall–Kier alpha value is -6.04. The lowest BCUT2D eigenvalue weighted by Crippen LogP contribution is -2.47. The van der Waals surface area contributed by atoms with Gasteiger partial charge in [0.25, 0.3) is 23.6 Å². The van der Waals surface area contributed by atoms with Crippen molar-refractivity contribution in [2.45, 2.75) is 78.6 Å². The molecule has 1 atom stereocenters. The van der Waals surface area contributed by atoms with Gasteiger partial charge in [-0.25, -0.2) is 4.79 Å². The monoisotopic (exact) mass is 916 g/mol. The van der Waals surface area contributed by atoms with Crippen LogP contribution in [-0.4, -0.2) is 143 Å². The molecule has 1 aliphatic heterocycles. The van der Waals surface area contributed by atoms with Gasteiger partial charge < -0.3 is 50.4 Å². The number of benzene rings is 3. The molecule has 4 rings (SSSR count). The Morgan fingerprint density at radius 2 is 1.32 bits per heavy atom. The summed E-state index contributed by atoms with van der Waals surface area (Å²) in [5.41, 5.74) is 1.67. The zero-order chi connectivity index (χ0) is 47.7. The summed E-state index contributed by atoms with van der Waals surface area (Å²) in [5, 5.41) is 14.7. The van der Waals surface area contributed by atoms with Gasteiger partial charge in [-0.2, -0.15) is 0 Å². The Bertz CT molecular complexity index is 2030. The van der Waals surface area contributed by atoms with Crippen LogP contribution >= 0.6 is 0 Å². The largest absolute Gasteiger partial charge is 0.487 e. The normalized spacial score (nSPS) is 16.2. The van der Waals surface area contributed by atoms with Gasteiger partial charge in [0.15, 0.2) is 0 Å². The fourth-order valence-electron chi connectivity index (χ4n) is 7.12. The third-order valence-electron chi connectivity index (χ3n) is 10.5. The van der Waals surface area contributed by atoms with Crippen LogP contribution in [0.1, 0.15) is 106 Å². The van der Waals surface area contributed by atoms with Crippen LogP contribution in [0.25, 0.3) is 0 Å². The van der Waals surface area contributed by atoms with E-state index >= 15 is 0 Å². The molecule has 1 unspecified atom stereocenters. The van der Waals surface area contributed by atoms with E-state index in [0.717, 1.165) is 12.0 Å². The van der Waals surface area contributed by atoms with E-state index in [0.29, 0.717) is 95.0 Å². The number of carbonyl (C=O) groups is 6. The molecule has 3 aromatic rings. The lowest BCUT2D eigenvalue weighted by Gasteiger charge is -2.29. The first-order chi connectivity index (χ1) is 31.8. The molecule has 17 nitrogen and oxygen atoms in total. The summed E-state index contributed by atoms with van der Waals surface area (Å²) in [5.74, 6) is -1.60. The highest BCUT2D eigenvalue weighted by atomic mass is 16.6. The van der Waals surface area contributed by atoms with Gasteiger partial charge in [0.1, 0.15) is 18.0 Å². The number of hydrogen-bond acceptors (Lipinski definition) is 11. The number of amides is 6. The average molecular weight is 916 g/mol. The molecule has 3 aromatic carbocycles. The number of rotatable bonds is 17. The second kappa shape index (κ2) is 28.1. The van der Waals surface area contributed by atoms with Crippen molar-refractivity contribution in [2.75, 3.05) is 85.3 Å². The zero-order valence-corrected chi connectivity index (χ0v) is 39.2. The number of para-hydroxylation sites is 1. The average Bonchev–Trinajstić information content (AvgIpc) is 3.28. The number of hydrogen-bond donors (Lipinski definition) is 5. The minimum absolute atomic E-state index is 0.0759. The molecular formula is C49H69N7O10. The van der Waals surface area contributed by atoms with Gasteiger partial charge in [0, 0.05) is 82.7 Å². The number of fused-ring (bicyclic) bond motifs is 4. The van der Waals surface area contributed by atoms with Crippen LogP contribution in [0.2, 0.25) is 0 Å². The van der Waals surface area contributed by atoms with Crippen molar-refractivity contribution in [1.82, 2.24) is 36.4 Å². The van der Waals surface area contributed by atoms with Crippen molar-refractivity contribution in [1.29, 1.82) is 0 Å². The number of alkyl carbamates (subject to hydrolysis) is 1. The Balaban J connectivity index is 1.66. The summed E-state index contributed by atoms with van der Waals surface area (Å²) < 4.78 is 23.2. The SMILES string of the molecule is CCCOCCOCCN1CCNC(=O)c2cccc(c2C)C(=O)NCCN(C=O)CCNC(=O)c2cccc(c2OCc2ccccc2)C(=O)NC(CCCCNC(=O)OC(C)(C)C)C1. The predicted molar refractivity (Wildman–Crippen MR) is 251 cm³/mol. The highest BCUT2D eigenvalue weighted by molar-refractivity contribution is 6.04. The maximum absolute atomic E-state index is 14.5. The van der Waals surface area contributed by atoms with Gasteiger partial charge in [0.2, 0.25) is 6.41 Å². The Kier molecular flexibility index (Phi) is 22.4. The van der Waals surface area contributed by atoms with Gasteiger partial charge in [0.05, 0.1) is 30.9 Å². The van der Waals surface area contributed by atoms with E-state index in [1.54, 1.807) is 64.1 Å². The molecule has 0 spiro atoms. The number of ether oxygens (including phenoxy) is 4. The van der Waals surface area contributed by atoms with E-state index in [9.17, 15) is 28.8 Å². The van der Waals surface area contributed by atoms with Gasteiger partial charge in [-0.3, -0.25) is 28.9 Å². The maximum atomic E-state index is 14.5. The van der Waals surface area contributed by atoms with Crippen LogP contribution in [0.5, 0.6) is 5.75 Å². The Morgan fingerprint density at radius 1 is 0.742 bits per heavy atom. The third kappa shape index (κ3) is 18.4. The molecule has 66 heavy (non-hydrogen) atoms. The van der Waals surface area contributed by atoms with E-state index < -0.39 is 35.5 Å². The van der Waals surface area contributed by atoms with Crippen LogP contribution in [-0.2, 0) is 25.6 Å². The van der Waals surface area contributed by atoms with E-state index in [-0.39, 0.29) is 62.1 Å². The first-order valence-electron chi connectivity index (χ1n) is 22.9. The predicted octanol–water partition coefficient (Wildman–Crippen LogP) is 4.47. The minimum Gasteiger partial charge on any atom is -0.487 e. The van der Waals surface area contributed by atoms with Crippen molar-refractivity contribution < 1.29 is 47.7 Å². The molecule has 1 aliphatic rings. The molecule has 5 N–H and O–H groups in total. The first-order valence-corrected chi connectivity index (χ1v) is 22.9. The molecule has 0 aromatic heterocycles. The molecule has 0 saturated heterocycles. The molecular weight excluding hydrogens is 847 g/mol. The fourth-order valence-corrected chi connectivity index (χ4v) is 7.12. The van der Waals surface area contributed by atoms with Gasteiger partial charge in [-0.1, -0.05) is 49.4 Å². The molecule has 6 amide bonds. The molecule has 17 heteroatoms. The first kappa shape index (κ1) is 52.6. The smallest absolute Gasteiger partial charge is 0.407 e. The molecule has 4 bridgehead atoms. The molecule has 0 aliphatic carbocycles. The standard InChI is InChI=1S/C49H69N7O10/c1-6-29-63-31-32-64-30-28-55-25-22-50-44(58)39-17-12-18-40(36(39)2)45(59)51-23-26-56(35-57)27-24-52-46(60)41-19-13-20-42(43(41)65-34-37-14-8-7-9-15-37)47(61)54-38(33-55)16-10-11-21-53-48(62)66-49(3,4)5/h7-9,12-15,17-20,35,38H,6,10-11,16,21-34H2,1-5H3,(H,50,58)(H,51,59)(H,52,60)(H,53,62)(H,54,61). The number of carbonyl (C=O) groups excluding carboxylic acids is 6. The summed E-state index contributed by atoms with van der Waals surface area (Å²) in [6.45, 7) is 13.4. The van der Waals surface area contributed by atoms with Gasteiger partial charge >= 0.3 is 6.09 Å². The molecule has 1 heterocycles. The van der Waals surface area contributed by atoms with E-state index in [2.05, 4.69) is 31.5 Å². The van der Waals surface area contributed by atoms with Crippen molar-refractivity contribution in [3.63, 3.8) is 0 Å². The summed E-state index contributed by atoms with van der Waals surface area (Å²) in [4.78, 5) is 83.2. The van der Waals surface area contributed by atoms with E-state index in [1.807, 2.05) is 37.3 Å². The van der Waals surface area contributed by atoms with Gasteiger partial charge in [-0.15, -0.1) is 0 Å². The minimum atomic E-state index is -0.639. The van der Waals surface area contributed by atoms with Crippen LogP contribution in [0.4, 0.5) is 4.79 Å². The zero-order valence-electron chi connectivity index (χ0n) is 39.2. The van der Waals surface area contributed by atoms with Crippen LogP contribution < -0.4 is 31.3 Å². The highest BCUT2D eigenvalue weighted by Gasteiger charge is 2.25. The molecule has 360 valence electrons. The van der Waals surface area contributed by atoms with Crippen molar-refractivity contribution in [3.8, 4) is 5.75 Å². The summed E-state index contributed by atoms with van der Waals surface area (Å²) in [6.07, 6.45) is 2.77. The third-order valence-corrected chi connectivity index (χ3v) is 10.5. The summed E-state index contributed by atoms with van der Waals surface area (Å²) in [6, 6.07) is 18.7. The quantitative estimate of drug-likeness (QED) is 0.0944. The lowest BCUT2D eigenvalue weighted by molar-refractivity contribution is -0.118. The fraction of sp³-hybridized carbons (Fsp3) is 0.510. The van der Waals surface area contributed by atoms with Gasteiger partial charge in [-0.05, 0) is 88.8 Å². The topological polar surface area (TPSA) is 206 Å². The van der Waals surface area contributed by atoms with Crippen molar-refractivity contribution in [2.24, 2.45) is 0 Å². The second-order valence-electron chi connectivity index (χ2n) is 17.0. The number of unbranched alkanes of at least 4 members (excludes halogenated alkanes) is 1. The highest BCUT2D eigenvalue weighted by Crippen LogP contribution is 2.26. The lowest BCUT2D eigenvalue weighted by atomic mass is 10.0. The Morgan fingerprint density at radius 3 is 1.92 bits per heavy atom. The number of nitrogens with one attached hydrogen (secondary N) is 5. The second-order valence-corrected chi connectivity index (χ2v) is 17.0. The van der Waals surface area contributed by atoms with E-state index in [1.165, 1.54) is 4.90 Å². The van der Waals surface area contributed by atoms with E-state index in [4.69, 9.17) is 18.9 Å². The maximum Gasteiger partial charge on any atom is 0.407 e. The molecule has 0 saturated carbocycles. The summed E-state index contributed by atoms with van der Waals surface area (Å²) in [7, 11) is 0. The van der Waals surface area contributed by atoms with Crippen LogP contribution in [0.15, 0.2) is 66.7 Å². The van der Waals surface area contributed by atoms with Crippen LogP contribution in [0, 0.1) is 6.92 Å². The Labute approximate surface area is 389 Å². The van der Waals surface area contributed by atoms with Crippen molar-refractivity contribution in [3.05, 3.63) is 100 Å². The summed E-state index contributed by atoms with van der Waals surface area (Å²) >= 11 is 0. The van der Waals surface area contributed by atoms with Crippen molar-refractivity contribution >= 4 is 36.1 Å².